The minimum atomic E-state index is -0.405. The lowest BCUT2D eigenvalue weighted by Crippen LogP contribution is -2.50. The fourth-order valence-corrected chi connectivity index (χ4v) is 1.34. The molecule has 0 aliphatic heterocycles. The molecule has 0 radical (unpaired) electrons. The van der Waals surface area contributed by atoms with Crippen LogP contribution in [-0.4, -0.2) is 24.8 Å². The molecule has 96 valence electrons. The zero-order valence-corrected chi connectivity index (χ0v) is 11.0. The minimum Gasteiger partial charge on any atom is -0.444 e. The molecule has 0 fully saturated rings. The van der Waals surface area contributed by atoms with E-state index in [0.717, 1.165) is 19.4 Å². The van der Waals surface area contributed by atoms with E-state index >= 15 is 0 Å². The highest BCUT2D eigenvalue weighted by atomic mass is 16.6. The van der Waals surface area contributed by atoms with Gasteiger partial charge in [-0.25, -0.2) is 4.79 Å². The predicted molar refractivity (Wildman–Crippen MR) is 65.1 cm³/mol. The molecule has 0 aromatic rings. The summed E-state index contributed by atoms with van der Waals surface area (Å²) < 4.78 is 5.12. The number of hydrogen-bond acceptors (Lipinski definition) is 2. The van der Waals surface area contributed by atoms with Gasteiger partial charge in [0.2, 0.25) is 0 Å². The van der Waals surface area contributed by atoms with Crippen LogP contribution in [0, 0.1) is 0 Å². The van der Waals surface area contributed by atoms with Gasteiger partial charge in [-0.2, -0.15) is 0 Å². The Hall–Kier alpha value is -0.770. The van der Waals surface area contributed by atoms with Crippen LogP contribution in [0.3, 0.4) is 0 Å². The standard InChI is InChI=1S/C12H26N2O2/c1-12(2,3)16-11(15)14-10-8-6-4-5-7-9-13/h4-10,13H2,1-3H3,(H,14,15)/p+1. The highest BCUT2D eigenvalue weighted by Crippen LogP contribution is 2.06. The van der Waals surface area contributed by atoms with E-state index in [-0.39, 0.29) is 6.09 Å². The van der Waals surface area contributed by atoms with Gasteiger partial charge in [-0.3, -0.25) is 0 Å². The van der Waals surface area contributed by atoms with E-state index in [2.05, 4.69) is 11.1 Å². The number of nitrogens with one attached hydrogen (secondary N) is 1. The minimum absolute atomic E-state index is 0.315. The fraction of sp³-hybridized carbons (Fsp3) is 0.917. The van der Waals surface area contributed by atoms with Crippen LogP contribution in [0.1, 0.15) is 52.9 Å². The molecule has 0 aromatic heterocycles. The van der Waals surface area contributed by atoms with Crippen molar-refractivity contribution in [3.8, 4) is 0 Å². The molecule has 0 unspecified atom stereocenters. The number of alkyl carbamates (subject to hydrolysis) is 1. The van der Waals surface area contributed by atoms with Gasteiger partial charge in [-0.05, 0) is 40.0 Å². The van der Waals surface area contributed by atoms with Crippen LogP contribution in [0.4, 0.5) is 4.79 Å². The van der Waals surface area contributed by atoms with E-state index in [4.69, 9.17) is 4.74 Å². The first kappa shape index (κ1) is 15.2. The lowest BCUT2D eigenvalue weighted by molar-refractivity contribution is -0.368. The molecule has 4 heteroatoms. The normalized spacial score (nSPS) is 11.2. The lowest BCUT2D eigenvalue weighted by Gasteiger charge is -2.19. The molecule has 0 atom stereocenters. The number of ether oxygens (including phenoxy) is 1. The van der Waals surface area contributed by atoms with Crippen LogP contribution >= 0.6 is 0 Å². The van der Waals surface area contributed by atoms with Gasteiger partial charge in [0.1, 0.15) is 5.60 Å². The van der Waals surface area contributed by atoms with Crippen molar-refractivity contribution >= 4 is 6.09 Å². The topological polar surface area (TPSA) is 66.0 Å². The fourth-order valence-electron chi connectivity index (χ4n) is 1.34. The van der Waals surface area contributed by atoms with Crippen molar-refractivity contribution < 1.29 is 15.3 Å². The molecule has 0 aromatic carbocycles. The molecule has 1 amide bonds. The van der Waals surface area contributed by atoms with E-state index in [1.807, 2.05) is 20.8 Å². The first-order valence-electron chi connectivity index (χ1n) is 6.22. The summed E-state index contributed by atoms with van der Waals surface area (Å²) in [6.07, 6.45) is 5.55. The molecule has 0 bridgehead atoms. The first-order valence-corrected chi connectivity index (χ1v) is 6.22. The van der Waals surface area contributed by atoms with Crippen molar-refractivity contribution in [2.75, 3.05) is 13.1 Å². The Morgan fingerprint density at radius 3 is 2.25 bits per heavy atom. The molecule has 0 saturated heterocycles. The van der Waals surface area contributed by atoms with Gasteiger partial charge in [-0.15, -0.1) is 0 Å². The summed E-state index contributed by atoms with van der Waals surface area (Å²) >= 11 is 0. The predicted octanol–water partition coefficient (Wildman–Crippen LogP) is 1.70. The first-order chi connectivity index (χ1) is 7.45. The van der Waals surface area contributed by atoms with Gasteiger partial charge in [0.15, 0.2) is 0 Å². The molecule has 0 rings (SSSR count). The Morgan fingerprint density at radius 1 is 1.12 bits per heavy atom. The van der Waals surface area contributed by atoms with Gasteiger partial charge < -0.3 is 15.8 Å². The number of quaternary nitrogens is 1. The maximum Gasteiger partial charge on any atom is 0.407 e. The van der Waals surface area contributed by atoms with Crippen molar-refractivity contribution in [2.45, 2.75) is 58.5 Å². The van der Waals surface area contributed by atoms with Gasteiger partial charge in [0.25, 0.3) is 0 Å². The molecular weight excluding hydrogens is 204 g/mol. The zero-order valence-electron chi connectivity index (χ0n) is 11.0. The number of hydrogen-bond donors (Lipinski definition) is 2. The molecule has 0 spiro atoms. The van der Waals surface area contributed by atoms with E-state index < -0.39 is 5.60 Å². The van der Waals surface area contributed by atoms with Gasteiger partial charge in [0, 0.05) is 6.54 Å². The second kappa shape index (κ2) is 8.39. The van der Waals surface area contributed by atoms with Gasteiger partial charge >= 0.3 is 6.09 Å². The number of rotatable bonds is 7. The Morgan fingerprint density at radius 2 is 1.69 bits per heavy atom. The summed E-state index contributed by atoms with van der Waals surface area (Å²) in [4.78, 5) is 11.3. The molecule has 0 aliphatic carbocycles. The number of carbonyl (C=O) groups excluding carboxylic acids is 1. The summed E-state index contributed by atoms with van der Waals surface area (Å²) in [6, 6.07) is 0. The molecule has 4 nitrogen and oxygen atoms in total. The second-order valence-electron chi connectivity index (χ2n) is 5.05. The number of carbonyl (C=O) groups is 1. The summed E-state index contributed by atoms with van der Waals surface area (Å²) in [5.74, 6) is 0. The molecule has 0 aliphatic rings. The molecular formula is C12H27N2O2+. The van der Waals surface area contributed by atoms with Crippen LogP contribution in [0.5, 0.6) is 0 Å². The average molecular weight is 231 g/mol. The zero-order chi connectivity index (χ0) is 12.4. The summed E-state index contributed by atoms with van der Waals surface area (Å²) in [5, 5.41) is 2.76. The Bertz CT molecular complexity index is 188. The largest absolute Gasteiger partial charge is 0.444 e. The van der Waals surface area contributed by atoms with Crippen LogP contribution in [0.15, 0.2) is 0 Å². The summed E-state index contributed by atoms with van der Waals surface area (Å²) in [7, 11) is 0. The Balaban J connectivity index is 3.28. The van der Waals surface area contributed by atoms with Crippen molar-refractivity contribution in [3.63, 3.8) is 0 Å². The van der Waals surface area contributed by atoms with Crippen molar-refractivity contribution in [1.29, 1.82) is 0 Å². The third-order valence-electron chi connectivity index (χ3n) is 2.09. The van der Waals surface area contributed by atoms with Crippen LogP contribution < -0.4 is 11.1 Å². The van der Waals surface area contributed by atoms with Crippen LogP contribution in [0.2, 0.25) is 0 Å². The van der Waals surface area contributed by atoms with Crippen molar-refractivity contribution in [3.05, 3.63) is 0 Å². The molecule has 16 heavy (non-hydrogen) atoms. The van der Waals surface area contributed by atoms with E-state index in [1.165, 1.54) is 19.3 Å². The monoisotopic (exact) mass is 231 g/mol. The average Bonchev–Trinajstić information content (AvgIpc) is 2.13. The summed E-state index contributed by atoms with van der Waals surface area (Å²) in [5.41, 5.74) is 3.40. The van der Waals surface area contributed by atoms with E-state index in [0.29, 0.717) is 6.54 Å². The van der Waals surface area contributed by atoms with Crippen LogP contribution in [-0.2, 0) is 4.74 Å². The van der Waals surface area contributed by atoms with Crippen molar-refractivity contribution in [2.24, 2.45) is 0 Å². The number of unbranched alkanes of at least 4 members (excludes halogenated alkanes) is 4. The second-order valence-corrected chi connectivity index (χ2v) is 5.05. The van der Waals surface area contributed by atoms with Gasteiger partial charge in [0.05, 0.1) is 6.54 Å². The quantitative estimate of drug-likeness (QED) is 0.655. The Labute approximate surface area is 98.9 Å². The Kier molecular flexibility index (Phi) is 7.99. The van der Waals surface area contributed by atoms with Crippen LogP contribution in [0.25, 0.3) is 0 Å². The highest BCUT2D eigenvalue weighted by molar-refractivity contribution is 5.67. The third-order valence-corrected chi connectivity index (χ3v) is 2.09. The molecule has 4 N–H and O–H groups in total. The van der Waals surface area contributed by atoms with E-state index in [9.17, 15) is 4.79 Å². The smallest absolute Gasteiger partial charge is 0.407 e. The lowest BCUT2D eigenvalue weighted by atomic mass is 10.1. The van der Waals surface area contributed by atoms with Gasteiger partial charge in [-0.1, -0.05) is 12.8 Å². The third kappa shape index (κ3) is 11.3. The number of amides is 1. The van der Waals surface area contributed by atoms with E-state index in [1.54, 1.807) is 0 Å². The highest BCUT2D eigenvalue weighted by Gasteiger charge is 2.15. The SMILES string of the molecule is CC(C)(C)OC(=O)NCCCCCCC[NH3+]. The maximum absolute atomic E-state index is 11.3. The van der Waals surface area contributed by atoms with Crippen molar-refractivity contribution in [1.82, 2.24) is 5.32 Å². The molecule has 0 heterocycles. The molecule has 0 saturated carbocycles. The maximum atomic E-state index is 11.3. The summed E-state index contributed by atoms with van der Waals surface area (Å²) in [6.45, 7) is 7.33.